The second kappa shape index (κ2) is 8.76. The predicted molar refractivity (Wildman–Crippen MR) is 106 cm³/mol. The minimum absolute atomic E-state index is 0.0739. The summed E-state index contributed by atoms with van der Waals surface area (Å²) in [5.74, 6) is 0.891. The molecule has 2 aromatic carbocycles. The van der Waals surface area contributed by atoms with E-state index in [9.17, 15) is 9.59 Å². The fourth-order valence-electron chi connectivity index (χ4n) is 2.88. The molecule has 0 bridgehead atoms. The van der Waals surface area contributed by atoms with E-state index < -0.39 is 0 Å². The molecule has 5 nitrogen and oxygen atoms in total. The molecule has 0 atom stereocenters. The van der Waals surface area contributed by atoms with Crippen LogP contribution in [0.15, 0.2) is 53.4 Å². The van der Waals surface area contributed by atoms with Crippen molar-refractivity contribution in [2.24, 2.45) is 0 Å². The van der Waals surface area contributed by atoms with Crippen molar-refractivity contribution < 1.29 is 9.59 Å². The van der Waals surface area contributed by atoms with Crippen LogP contribution in [0, 0.1) is 6.92 Å². The highest BCUT2D eigenvalue weighted by Gasteiger charge is 2.22. The minimum Gasteiger partial charge on any atom is -0.352 e. The molecule has 2 N–H and O–H groups in total. The van der Waals surface area contributed by atoms with Gasteiger partial charge in [-0.15, -0.1) is 11.8 Å². The highest BCUT2D eigenvalue weighted by Crippen LogP contribution is 2.23. The van der Waals surface area contributed by atoms with E-state index in [-0.39, 0.29) is 11.9 Å². The van der Waals surface area contributed by atoms with Gasteiger partial charge >= 0.3 is 6.03 Å². The lowest BCUT2D eigenvalue weighted by Gasteiger charge is -2.17. The maximum absolute atomic E-state index is 12.3. The molecule has 0 unspecified atom stereocenters. The number of rotatable bonds is 7. The summed E-state index contributed by atoms with van der Waals surface area (Å²) in [4.78, 5) is 27.1. The molecule has 1 aliphatic heterocycles. The van der Waals surface area contributed by atoms with E-state index in [0.717, 1.165) is 23.4 Å². The van der Waals surface area contributed by atoms with Crippen molar-refractivity contribution in [3.05, 3.63) is 59.7 Å². The molecule has 1 aliphatic rings. The number of benzene rings is 2. The lowest BCUT2D eigenvalue weighted by Crippen LogP contribution is -2.29. The van der Waals surface area contributed by atoms with E-state index in [1.807, 2.05) is 37.3 Å². The Hall–Kier alpha value is -2.47. The van der Waals surface area contributed by atoms with E-state index >= 15 is 0 Å². The first-order valence-corrected chi connectivity index (χ1v) is 9.76. The Morgan fingerprint density at radius 1 is 1.23 bits per heavy atom. The molecule has 0 aromatic heterocycles. The SMILES string of the molecule is Cc1cc(C(=O)NCCCSc2ccccc2)ccc1N1CCNC1=O. The number of anilines is 1. The minimum atomic E-state index is -0.0822. The Labute approximate surface area is 158 Å². The van der Waals surface area contributed by atoms with Crippen molar-refractivity contribution in [1.29, 1.82) is 0 Å². The first-order chi connectivity index (χ1) is 12.6. The molecule has 1 fully saturated rings. The first kappa shape index (κ1) is 18.3. The van der Waals surface area contributed by atoms with E-state index in [4.69, 9.17) is 0 Å². The number of amides is 3. The Bertz CT molecular complexity index is 780. The van der Waals surface area contributed by atoms with Crippen molar-refractivity contribution in [1.82, 2.24) is 10.6 Å². The van der Waals surface area contributed by atoms with Crippen LogP contribution >= 0.6 is 11.8 Å². The topological polar surface area (TPSA) is 61.4 Å². The number of urea groups is 1. The fourth-order valence-corrected chi connectivity index (χ4v) is 3.76. The van der Waals surface area contributed by atoms with Crippen molar-refractivity contribution in [2.45, 2.75) is 18.2 Å². The largest absolute Gasteiger partial charge is 0.352 e. The van der Waals surface area contributed by atoms with Crippen LogP contribution in [0.2, 0.25) is 0 Å². The van der Waals surface area contributed by atoms with Gasteiger partial charge in [-0.05, 0) is 55.0 Å². The second-order valence-electron chi connectivity index (χ2n) is 6.16. The summed E-state index contributed by atoms with van der Waals surface area (Å²) < 4.78 is 0. The van der Waals surface area contributed by atoms with Gasteiger partial charge < -0.3 is 10.6 Å². The summed E-state index contributed by atoms with van der Waals surface area (Å²) in [6, 6.07) is 15.6. The lowest BCUT2D eigenvalue weighted by molar-refractivity contribution is 0.0953. The second-order valence-corrected chi connectivity index (χ2v) is 7.32. The highest BCUT2D eigenvalue weighted by molar-refractivity contribution is 7.99. The first-order valence-electron chi connectivity index (χ1n) is 8.77. The lowest BCUT2D eigenvalue weighted by atomic mass is 10.1. The molecular weight excluding hydrogens is 346 g/mol. The van der Waals surface area contributed by atoms with Crippen LogP contribution in [-0.2, 0) is 0 Å². The summed E-state index contributed by atoms with van der Waals surface area (Å²) >= 11 is 1.79. The quantitative estimate of drug-likeness (QED) is 0.581. The third-order valence-corrected chi connectivity index (χ3v) is 5.32. The van der Waals surface area contributed by atoms with Crippen molar-refractivity contribution in [3.8, 4) is 0 Å². The van der Waals surface area contributed by atoms with Crippen LogP contribution in [0.25, 0.3) is 0 Å². The normalized spacial score (nSPS) is 13.6. The average molecular weight is 369 g/mol. The van der Waals surface area contributed by atoms with E-state index in [1.165, 1.54) is 4.90 Å². The zero-order valence-electron chi connectivity index (χ0n) is 14.8. The van der Waals surface area contributed by atoms with Crippen LogP contribution in [0.3, 0.4) is 0 Å². The number of thioether (sulfide) groups is 1. The number of carbonyl (C=O) groups excluding carboxylic acids is 2. The van der Waals surface area contributed by atoms with Crippen LogP contribution in [0.4, 0.5) is 10.5 Å². The smallest absolute Gasteiger partial charge is 0.322 e. The van der Waals surface area contributed by atoms with E-state index in [1.54, 1.807) is 22.7 Å². The van der Waals surface area contributed by atoms with Crippen LogP contribution in [-0.4, -0.2) is 37.3 Å². The number of hydrogen-bond acceptors (Lipinski definition) is 3. The maximum Gasteiger partial charge on any atom is 0.322 e. The molecule has 0 aliphatic carbocycles. The van der Waals surface area contributed by atoms with Gasteiger partial charge in [-0.25, -0.2) is 4.79 Å². The van der Waals surface area contributed by atoms with Gasteiger partial charge in [-0.3, -0.25) is 9.69 Å². The van der Waals surface area contributed by atoms with Crippen LogP contribution in [0.1, 0.15) is 22.3 Å². The van der Waals surface area contributed by atoms with Gasteiger partial charge in [0.1, 0.15) is 0 Å². The Kier molecular flexibility index (Phi) is 6.17. The zero-order chi connectivity index (χ0) is 18.4. The fraction of sp³-hybridized carbons (Fsp3) is 0.300. The molecule has 3 amide bonds. The van der Waals surface area contributed by atoms with Crippen molar-refractivity contribution in [3.63, 3.8) is 0 Å². The van der Waals surface area contributed by atoms with Gasteiger partial charge in [-0.1, -0.05) is 18.2 Å². The summed E-state index contributed by atoms with van der Waals surface area (Å²) in [5, 5.41) is 5.76. The number of nitrogens with one attached hydrogen (secondary N) is 2. The van der Waals surface area contributed by atoms with Gasteiger partial charge in [0.25, 0.3) is 5.91 Å². The molecule has 1 saturated heterocycles. The highest BCUT2D eigenvalue weighted by atomic mass is 32.2. The van der Waals surface area contributed by atoms with Crippen molar-refractivity contribution in [2.75, 3.05) is 30.3 Å². The van der Waals surface area contributed by atoms with Gasteiger partial charge in [0, 0.05) is 35.8 Å². The number of hydrogen-bond donors (Lipinski definition) is 2. The molecule has 1 heterocycles. The summed E-state index contributed by atoms with van der Waals surface area (Å²) in [5.41, 5.74) is 2.41. The monoisotopic (exact) mass is 369 g/mol. The molecule has 0 radical (unpaired) electrons. The summed E-state index contributed by atoms with van der Waals surface area (Å²) in [7, 11) is 0. The molecule has 0 spiro atoms. The van der Waals surface area contributed by atoms with Crippen LogP contribution < -0.4 is 15.5 Å². The molecular formula is C20H23N3O2S. The average Bonchev–Trinajstić information content (AvgIpc) is 3.08. The third kappa shape index (κ3) is 4.58. The summed E-state index contributed by atoms with van der Waals surface area (Å²) in [6.45, 7) is 3.88. The van der Waals surface area contributed by atoms with Crippen molar-refractivity contribution >= 4 is 29.4 Å². The predicted octanol–water partition coefficient (Wildman–Crippen LogP) is 3.44. The Morgan fingerprint density at radius 3 is 2.73 bits per heavy atom. The molecule has 3 rings (SSSR count). The maximum atomic E-state index is 12.3. The summed E-state index contributed by atoms with van der Waals surface area (Å²) in [6.07, 6.45) is 0.913. The zero-order valence-corrected chi connectivity index (χ0v) is 15.6. The Balaban J connectivity index is 1.47. The van der Waals surface area contributed by atoms with Gasteiger partial charge in [-0.2, -0.15) is 0 Å². The molecule has 26 heavy (non-hydrogen) atoms. The molecule has 136 valence electrons. The van der Waals surface area contributed by atoms with E-state index in [2.05, 4.69) is 22.8 Å². The number of aryl methyl sites for hydroxylation is 1. The number of carbonyl (C=O) groups is 2. The van der Waals surface area contributed by atoms with Gasteiger partial charge in [0.05, 0.1) is 0 Å². The van der Waals surface area contributed by atoms with E-state index in [0.29, 0.717) is 25.2 Å². The Morgan fingerprint density at radius 2 is 2.04 bits per heavy atom. The molecule has 2 aromatic rings. The van der Waals surface area contributed by atoms with Gasteiger partial charge in [0.2, 0.25) is 0 Å². The van der Waals surface area contributed by atoms with Crippen LogP contribution in [0.5, 0.6) is 0 Å². The third-order valence-electron chi connectivity index (χ3n) is 4.23. The molecule has 0 saturated carbocycles. The standard InChI is InChI=1S/C20H23N3O2S/c1-15-14-16(8-9-18(15)23-12-11-22-20(23)25)19(24)21-10-5-13-26-17-6-3-2-4-7-17/h2-4,6-9,14H,5,10-13H2,1H3,(H,21,24)(H,22,25). The number of nitrogens with zero attached hydrogens (tertiary/aromatic N) is 1. The molecule has 6 heteroatoms. The van der Waals surface area contributed by atoms with Gasteiger partial charge in [0.15, 0.2) is 0 Å².